The quantitative estimate of drug-likeness (QED) is 0.392. The zero-order chi connectivity index (χ0) is 15.9. The van der Waals surface area contributed by atoms with E-state index in [4.69, 9.17) is 10.5 Å². The highest BCUT2D eigenvalue weighted by Crippen LogP contribution is 2.14. The first-order valence-electron chi connectivity index (χ1n) is 6.52. The Bertz CT molecular complexity index is 709. The standard InChI is InChI=1S/C16H15N3O3/c1-11-3-2-4-13(9-11)15(20)22-14-7-5-12(6-8-14)10-18-19-16(17)21/h2-10H,1H3,(H3,17,19,21)/b18-10+. The molecule has 0 atom stereocenters. The molecule has 0 aliphatic carbocycles. The van der Waals surface area contributed by atoms with Crippen LogP contribution in [0.15, 0.2) is 53.6 Å². The first-order chi connectivity index (χ1) is 10.5. The molecule has 0 saturated carbocycles. The molecule has 6 heteroatoms. The molecule has 0 aromatic heterocycles. The molecular weight excluding hydrogens is 282 g/mol. The lowest BCUT2D eigenvalue weighted by atomic mass is 10.1. The molecule has 0 heterocycles. The second kappa shape index (κ2) is 7.03. The number of benzene rings is 2. The van der Waals surface area contributed by atoms with Crippen LogP contribution in [0.2, 0.25) is 0 Å². The number of nitrogens with one attached hydrogen (secondary N) is 1. The minimum Gasteiger partial charge on any atom is -0.423 e. The maximum atomic E-state index is 12.0. The van der Waals surface area contributed by atoms with Crippen LogP contribution in [-0.4, -0.2) is 18.2 Å². The fourth-order valence-corrected chi connectivity index (χ4v) is 1.73. The van der Waals surface area contributed by atoms with Crippen LogP contribution in [0.25, 0.3) is 0 Å². The van der Waals surface area contributed by atoms with E-state index in [2.05, 4.69) is 10.5 Å². The molecule has 6 nitrogen and oxygen atoms in total. The van der Waals surface area contributed by atoms with Crippen LogP contribution in [0.4, 0.5) is 4.79 Å². The molecule has 0 bridgehead atoms. The molecule has 0 aliphatic rings. The van der Waals surface area contributed by atoms with Crippen molar-refractivity contribution in [3.63, 3.8) is 0 Å². The molecular formula is C16H15N3O3. The van der Waals surface area contributed by atoms with E-state index < -0.39 is 12.0 Å². The maximum Gasteiger partial charge on any atom is 0.343 e. The Morgan fingerprint density at radius 2 is 1.91 bits per heavy atom. The fraction of sp³-hybridized carbons (Fsp3) is 0.0625. The minimum atomic E-state index is -0.736. The number of hydrogen-bond donors (Lipinski definition) is 2. The van der Waals surface area contributed by atoms with E-state index in [-0.39, 0.29) is 0 Å². The van der Waals surface area contributed by atoms with Gasteiger partial charge < -0.3 is 10.5 Å². The number of amides is 2. The summed E-state index contributed by atoms with van der Waals surface area (Å²) in [7, 11) is 0. The van der Waals surface area contributed by atoms with Crippen molar-refractivity contribution in [2.45, 2.75) is 6.92 Å². The van der Waals surface area contributed by atoms with E-state index in [0.29, 0.717) is 11.3 Å². The van der Waals surface area contributed by atoms with Gasteiger partial charge in [0.05, 0.1) is 11.8 Å². The monoisotopic (exact) mass is 297 g/mol. The number of esters is 1. The fourth-order valence-electron chi connectivity index (χ4n) is 1.73. The summed E-state index contributed by atoms with van der Waals surface area (Å²) < 4.78 is 5.28. The van der Waals surface area contributed by atoms with Crippen molar-refractivity contribution < 1.29 is 14.3 Å². The molecule has 0 radical (unpaired) electrons. The number of ether oxygens (including phenoxy) is 1. The van der Waals surface area contributed by atoms with Gasteiger partial charge in [0, 0.05) is 0 Å². The van der Waals surface area contributed by atoms with Gasteiger partial charge in [0.2, 0.25) is 0 Å². The van der Waals surface area contributed by atoms with Crippen LogP contribution in [0, 0.1) is 6.92 Å². The Kier molecular flexibility index (Phi) is 4.87. The average Bonchev–Trinajstić information content (AvgIpc) is 2.48. The van der Waals surface area contributed by atoms with Gasteiger partial charge in [-0.25, -0.2) is 15.0 Å². The first-order valence-corrected chi connectivity index (χ1v) is 6.52. The molecule has 3 N–H and O–H groups in total. The van der Waals surface area contributed by atoms with Crippen LogP contribution >= 0.6 is 0 Å². The molecule has 0 unspecified atom stereocenters. The van der Waals surface area contributed by atoms with Gasteiger partial charge in [0.1, 0.15) is 5.75 Å². The lowest BCUT2D eigenvalue weighted by Gasteiger charge is -2.05. The number of primary amides is 1. The predicted molar refractivity (Wildman–Crippen MR) is 82.9 cm³/mol. The number of hydrazone groups is 1. The number of urea groups is 1. The molecule has 112 valence electrons. The number of nitrogens with two attached hydrogens (primary N) is 1. The number of carbonyl (C=O) groups is 2. The second-order valence-corrected chi connectivity index (χ2v) is 4.56. The summed E-state index contributed by atoms with van der Waals surface area (Å²) in [5, 5.41) is 3.63. The van der Waals surface area contributed by atoms with Crippen LogP contribution in [0.3, 0.4) is 0 Å². The van der Waals surface area contributed by atoms with Gasteiger partial charge >= 0.3 is 12.0 Å². The van der Waals surface area contributed by atoms with Gasteiger partial charge in [-0.05, 0) is 48.9 Å². The number of rotatable bonds is 4. The van der Waals surface area contributed by atoms with Crippen molar-refractivity contribution in [1.29, 1.82) is 0 Å². The molecule has 2 aromatic carbocycles. The van der Waals surface area contributed by atoms with Crippen molar-refractivity contribution in [2.24, 2.45) is 10.8 Å². The van der Waals surface area contributed by atoms with Crippen LogP contribution in [0.5, 0.6) is 5.75 Å². The summed E-state index contributed by atoms with van der Waals surface area (Å²) in [6, 6.07) is 13.1. The highest BCUT2D eigenvalue weighted by Gasteiger charge is 2.08. The van der Waals surface area contributed by atoms with Crippen molar-refractivity contribution in [3.05, 3.63) is 65.2 Å². The summed E-state index contributed by atoms with van der Waals surface area (Å²) in [6.07, 6.45) is 1.43. The van der Waals surface area contributed by atoms with E-state index in [1.807, 2.05) is 13.0 Å². The topological polar surface area (TPSA) is 93.8 Å². The highest BCUT2D eigenvalue weighted by atomic mass is 16.5. The summed E-state index contributed by atoms with van der Waals surface area (Å²) in [6.45, 7) is 1.91. The third-order valence-corrected chi connectivity index (χ3v) is 2.73. The first kappa shape index (κ1) is 15.2. The maximum absolute atomic E-state index is 12.0. The minimum absolute atomic E-state index is 0.416. The second-order valence-electron chi connectivity index (χ2n) is 4.56. The van der Waals surface area contributed by atoms with Crippen LogP contribution in [0.1, 0.15) is 21.5 Å². The van der Waals surface area contributed by atoms with Gasteiger partial charge in [0.15, 0.2) is 0 Å². The molecule has 0 saturated heterocycles. The zero-order valence-electron chi connectivity index (χ0n) is 11.9. The molecule has 2 aromatic rings. The number of aryl methyl sites for hydroxylation is 1. The van der Waals surface area contributed by atoms with Gasteiger partial charge in [-0.2, -0.15) is 5.10 Å². The smallest absolute Gasteiger partial charge is 0.343 e. The highest BCUT2D eigenvalue weighted by molar-refractivity contribution is 5.91. The SMILES string of the molecule is Cc1cccc(C(=O)Oc2ccc(/C=N/NC(N)=O)cc2)c1. The summed E-state index contributed by atoms with van der Waals surface area (Å²) in [5.74, 6) is 0.00651. The lowest BCUT2D eigenvalue weighted by molar-refractivity contribution is 0.0734. The van der Waals surface area contributed by atoms with Crippen molar-refractivity contribution in [1.82, 2.24) is 5.43 Å². The third-order valence-electron chi connectivity index (χ3n) is 2.73. The van der Waals surface area contributed by atoms with Gasteiger partial charge in [0.25, 0.3) is 0 Å². The molecule has 22 heavy (non-hydrogen) atoms. The van der Waals surface area contributed by atoms with Crippen LogP contribution in [-0.2, 0) is 0 Å². The molecule has 2 amide bonds. The van der Waals surface area contributed by atoms with Gasteiger partial charge in [-0.1, -0.05) is 17.7 Å². The largest absolute Gasteiger partial charge is 0.423 e. The van der Waals surface area contributed by atoms with E-state index in [1.165, 1.54) is 6.21 Å². The van der Waals surface area contributed by atoms with E-state index in [0.717, 1.165) is 11.1 Å². The zero-order valence-corrected chi connectivity index (χ0v) is 11.9. The van der Waals surface area contributed by atoms with E-state index >= 15 is 0 Å². The van der Waals surface area contributed by atoms with Gasteiger partial charge in [-0.15, -0.1) is 0 Å². The number of carbonyl (C=O) groups excluding carboxylic acids is 2. The third kappa shape index (κ3) is 4.45. The van der Waals surface area contributed by atoms with Crippen LogP contribution < -0.4 is 15.9 Å². The Labute approximate surface area is 127 Å². The molecule has 0 aliphatic heterocycles. The lowest BCUT2D eigenvalue weighted by Crippen LogP contribution is -2.24. The molecule has 0 fully saturated rings. The Hall–Kier alpha value is -3.15. The number of nitrogens with zero attached hydrogens (tertiary/aromatic N) is 1. The number of hydrogen-bond acceptors (Lipinski definition) is 4. The van der Waals surface area contributed by atoms with Crippen molar-refractivity contribution in [2.75, 3.05) is 0 Å². The van der Waals surface area contributed by atoms with Crippen molar-refractivity contribution >= 4 is 18.2 Å². The predicted octanol–water partition coefficient (Wildman–Crippen LogP) is 2.22. The Morgan fingerprint density at radius 3 is 2.55 bits per heavy atom. The molecule has 0 spiro atoms. The average molecular weight is 297 g/mol. The van der Waals surface area contributed by atoms with Gasteiger partial charge in [-0.3, -0.25) is 0 Å². The Balaban J connectivity index is 2.00. The summed E-state index contributed by atoms with van der Waals surface area (Å²) in [4.78, 5) is 22.5. The van der Waals surface area contributed by atoms with E-state index in [1.54, 1.807) is 42.5 Å². The molecule has 2 rings (SSSR count). The summed E-state index contributed by atoms with van der Waals surface area (Å²) in [5.41, 5.74) is 9.18. The Morgan fingerprint density at radius 1 is 1.18 bits per heavy atom. The van der Waals surface area contributed by atoms with E-state index in [9.17, 15) is 9.59 Å². The van der Waals surface area contributed by atoms with Crippen molar-refractivity contribution in [3.8, 4) is 5.75 Å². The normalized spacial score (nSPS) is 10.4. The summed E-state index contributed by atoms with van der Waals surface area (Å²) >= 11 is 0.